The number of aryl methyl sites for hydroxylation is 1. The second kappa shape index (κ2) is 7.18. The zero-order valence-corrected chi connectivity index (χ0v) is 16.5. The third-order valence-electron chi connectivity index (χ3n) is 5.26. The molecular weight excluding hydrogens is 395 g/mol. The Balaban J connectivity index is 1.90. The largest absolute Gasteiger partial charge is 0.485 e. The summed E-state index contributed by atoms with van der Waals surface area (Å²) in [5, 5.41) is 9.52. The maximum Gasteiger partial charge on any atom is 0.263 e. The minimum absolute atomic E-state index is 0.158. The molecule has 0 saturated heterocycles. The molecule has 4 heterocycles. The molecule has 0 aliphatic carbocycles. The van der Waals surface area contributed by atoms with Crippen LogP contribution in [0.25, 0.3) is 28.1 Å². The van der Waals surface area contributed by atoms with Crippen LogP contribution in [0.5, 0.6) is 5.75 Å². The lowest BCUT2D eigenvalue weighted by Gasteiger charge is -2.24. The van der Waals surface area contributed by atoms with Gasteiger partial charge in [-0.05, 0) is 43.3 Å². The molecule has 0 radical (unpaired) electrons. The fourth-order valence-electron chi connectivity index (χ4n) is 3.78. The van der Waals surface area contributed by atoms with E-state index < -0.39 is 11.4 Å². The van der Waals surface area contributed by atoms with Gasteiger partial charge in [-0.1, -0.05) is 12.1 Å². The first-order chi connectivity index (χ1) is 15.1. The number of hydrogen-bond donors (Lipinski definition) is 0. The number of pyridine rings is 3. The Morgan fingerprint density at radius 2 is 1.97 bits per heavy atom. The van der Waals surface area contributed by atoms with Crippen molar-refractivity contribution in [1.82, 2.24) is 14.5 Å². The van der Waals surface area contributed by atoms with Crippen LogP contribution in [-0.4, -0.2) is 14.5 Å². The normalized spacial score (nSPS) is 11.8. The molecule has 0 amide bonds. The van der Waals surface area contributed by atoms with E-state index in [1.54, 1.807) is 48.8 Å². The van der Waals surface area contributed by atoms with Crippen LogP contribution in [0.3, 0.4) is 0 Å². The highest BCUT2D eigenvalue weighted by Crippen LogP contribution is 2.38. The lowest BCUT2D eigenvalue weighted by molar-refractivity contribution is 0.292. The standard InChI is InChI=1S/C24H15FN4O2/c1-14-7-8-15(12-28-14)29-21-13-31-22-6-3-9-27-23(22)18(21)10-17(24(29)30)16-4-2-5-20(25)19(16)11-26/h2-10,12H,13H2,1H3. The number of ether oxygens (including phenoxy) is 1. The van der Waals surface area contributed by atoms with Gasteiger partial charge in [0.2, 0.25) is 0 Å². The Labute approximate surface area is 176 Å². The molecular formula is C24H15FN4O2. The van der Waals surface area contributed by atoms with E-state index in [-0.39, 0.29) is 23.3 Å². The molecule has 0 bridgehead atoms. The Morgan fingerprint density at radius 1 is 1.10 bits per heavy atom. The van der Waals surface area contributed by atoms with Gasteiger partial charge in [0.25, 0.3) is 5.56 Å². The lowest BCUT2D eigenvalue weighted by atomic mass is 9.96. The SMILES string of the molecule is Cc1ccc(-n2c3c(cc(-c4cccc(F)c4C#N)c2=O)-c2ncccc2OC3)cn1. The van der Waals surface area contributed by atoms with Crippen LogP contribution in [0.2, 0.25) is 0 Å². The zero-order chi connectivity index (χ0) is 21.5. The van der Waals surface area contributed by atoms with E-state index in [2.05, 4.69) is 9.97 Å². The second-order valence-electron chi connectivity index (χ2n) is 7.13. The number of aromatic nitrogens is 3. The molecule has 0 spiro atoms. The Kier molecular flexibility index (Phi) is 4.33. The maximum absolute atomic E-state index is 14.3. The summed E-state index contributed by atoms with van der Waals surface area (Å²) in [4.78, 5) is 22.4. The first-order valence-electron chi connectivity index (χ1n) is 9.57. The molecule has 6 nitrogen and oxygen atoms in total. The summed E-state index contributed by atoms with van der Waals surface area (Å²) in [6.45, 7) is 2.01. The van der Waals surface area contributed by atoms with Gasteiger partial charge in [0.15, 0.2) is 0 Å². The molecule has 0 unspecified atom stereocenters. The number of nitrogens with zero attached hydrogens (tertiary/aromatic N) is 4. The molecule has 0 saturated carbocycles. The van der Waals surface area contributed by atoms with Gasteiger partial charge < -0.3 is 4.74 Å². The van der Waals surface area contributed by atoms with Gasteiger partial charge in [-0.25, -0.2) is 4.39 Å². The molecule has 1 aromatic carbocycles. The number of hydrogen-bond acceptors (Lipinski definition) is 5. The molecule has 0 fully saturated rings. The highest BCUT2D eigenvalue weighted by molar-refractivity contribution is 5.79. The van der Waals surface area contributed by atoms with Crippen molar-refractivity contribution in [3.05, 3.63) is 94.0 Å². The average Bonchev–Trinajstić information content (AvgIpc) is 2.79. The first kappa shape index (κ1) is 18.7. The number of halogens is 1. The number of fused-ring (bicyclic) bond motifs is 3. The van der Waals surface area contributed by atoms with Crippen molar-refractivity contribution in [3.8, 4) is 39.9 Å². The van der Waals surface area contributed by atoms with Crippen LogP contribution < -0.4 is 10.3 Å². The van der Waals surface area contributed by atoms with Crippen molar-refractivity contribution in [2.75, 3.05) is 0 Å². The van der Waals surface area contributed by atoms with E-state index in [1.165, 1.54) is 16.7 Å². The van der Waals surface area contributed by atoms with Crippen molar-refractivity contribution in [2.45, 2.75) is 13.5 Å². The van der Waals surface area contributed by atoms with Crippen LogP contribution in [0.1, 0.15) is 17.0 Å². The van der Waals surface area contributed by atoms with E-state index in [9.17, 15) is 14.4 Å². The predicted octanol–water partition coefficient (Wildman–Crippen LogP) is 4.17. The molecule has 31 heavy (non-hydrogen) atoms. The topological polar surface area (TPSA) is 80.8 Å². The highest BCUT2D eigenvalue weighted by Gasteiger charge is 2.26. The molecule has 3 aromatic heterocycles. The van der Waals surface area contributed by atoms with Crippen LogP contribution >= 0.6 is 0 Å². The minimum Gasteiger partial charge on any atom is -0.485 e. The summed E-state index contributed by atoms with van der Waals surface area (Å²) < 4.78 is 21.7. The monoisotopic (exact) mass is 410 g/mol. The van der Waals surface area contributed by atoms with Crippen LogP contribution in [0, 0.1) is 24.1 Å². The summed E-state index contributed by atoms with van der Waals surface area (Å²) >= 11 is 0. The van der Waals surface area contributed by atoms with Gasteiger partial charge in [0.1, 0.15) is 29.9 Å². The summed E-state index contributed by atoms with van der Waals surface area (Å²) in [5.41, 5.74) is 3.09. The maximum atomic E-state index is 14.3. The van der Waals surface area contributed by atoms with Gasteiger partial charge in [-0.3, -0.25) is 19.3 Å². The smallest absolute Gasteiger partial charge is 0.263 e. The van der Waals surface area contributed by atoms with Crippen molar-refractivity contribution in [3.63, 3.8) is 0 Å². The minimum atomic E-state index is -0.678. The molecule has 0 atom stereocenters. The number of benzene rings is 1. The molecule has 1 aliphatic heterocycles. The molecule has 5 rings (SSSR count). The molecule has 1 aliphatic rings. The third kappa shape index (κ3) is 2.97. The lowest BCUT2D eigenvalue weighted by Crippen LogP contribution is -2.27. The van der Waals surface area contributed by atoms with E-state index >= 15 is 0 Å². The summed E-state index contributed by atoms with van der Waals surface area (Å²) in [7, 11) is 0. The third-order valence-corrected chi connectivity index (χ3v) is 5.26. The van der Waals surface area contributed by atoms with Crippen LogP contribution in [0.15, 0.2) is 65.7 Å². The molecule has 4 aromatic rings. The van der Waals surface area contributed by atoms with Gasteiger partial charge in [-0.2, -0.15) is 5.26 Å². The number of nitriles is 1. The van der Waals surface area contributed by atoms with Crippen molar-refractivity contribution in [1.29, 1.82) is 5.26 Å². The summed E-state index contributed by atoms with van der Waals surface area (Å²) in [6.07, 6.45) is 3.24. The quantitative estimate of drug-likeness (QED) is 0.495. The van der Waals surface area contributed by atoms with Gasteiger partial charge in [-0.15, -0.1) is 0 Å². The van der Waals surface area contributed by atoms with Gasteiger partial charge in [0.05, 0.1) is 23.1 Å². The van der Waals surface area contributed by atoms with Crippen molar-refractivity contribution in [2.24, 2.45) is 0 Å². The highest BCUT2D eigenvalue weighted by atomic mass is 19.1. The van der Waals surface area contributed by atoms with E-state index in [0.29, 0.717) is 28.4 Å². The molecule has 150 valence electrons. The summed E-state index contributed by atoms with van der Waals surface area (Å²) in [5.74, 6) is -0.0875. The zero-order valence-electron chi connectivity index (χ0n) is 16.5. The first-order valence-corrected chi connectivity index (χ1v) is 9.57. The molecule has 7 heteroatoms. The summed E-state index contributed by atoms with van der Waals surface area (Å²) in [6, 6.07) is 15.0. The average molecular weight is 410 g/mol. The van der Waals surface area contributed by atoms with Crippen LogP contribution in [0.4, 0.5) is 4.39 Å². The van der Waals surface area contributed by atoms with Gasteiger partial charge >= 0.3 is 0 Å². The Hall–Kier alpha value is -4.31. The fraction of sp³-hybridized carbons (Fsp3) is 0.0833. The van der Waals surface area contributed by atoms with E-state index in [1.807, 2.05) is 13.0 Å². The fourth-order valence-corrected chi connectivity index (χ4v) is 3.78. The van der Waals surface area contributed by atoms with Gasteiger partial charge in [0, 0.05) is 28.6 Å². The Morgan fingerprint density at radius 3 is 2.74 bits per heavy atom. The molecule has 0 N–H and O–H groups in total. The van der Waals surface area contributed by atoms with E-state index in [4.69, 9.17) is 4.74 Å². The van der Waals surface area contributed by atoms with Crippen molar-refractivity contribution < 1.29 is 9.13 Å². The number of rotatable bonds is 2. The Bertz CT molecular complexity index is 1440. The van der Waals surface area contributed by atoms with Crippen LogP contribution in [-0.2, 0) is 6.61 Å². The van der Waals surface area contributed by atoms with E-state index in [0.717, 1.165) is 5.69 Å². The predicted molar refractivity (Wildman–Crippen MR) is 112 cm³/mol. The second-order valence-corrected chi connectivity index (χ2v) is 7.13. The van der Waals surface area contributed by atoms with Crippen molar-refractivity contribution >= 4 is 0 Å².